The van der Waals surface area contributed by atoms with E-state index in [1.54, 1.807) is 36.7 Å². The van der Waals surface area contributed by atoms with Gasteiger partial charge in [0.2, 0.25) is 5.78 Å². The Labute approximate surface area is 202 Å². The maximum absolute atomic E-state index is 12.9. The van der Waals surface area contributed by atoms with E-state index in [9.17, 15) is 9.59 Å². The zero-order valence-electron chi connectivity index (χ0n) is 19.3. The topological polar surface area (TPSA) is 110 Å². The van der Waals surface area contributed by atoms with Gasteiger partial charge in [-0.15, -0.1) is 0 Å². The number of piperidine rings is 1. The van der Waals surface area contributed by atoms with Crippen LogP contribution in [-0.4, -0.2) is 51.4 Å². The van der Waals surface area contributed by atoms with E-state index in [4.69, 9.17) is 9.47 Å². The third-order valence-electron chi connectivity index (χ3n) is 5.92. The number of imidazole rings is 1. The molecule has 0 bridgehead atoms. The lowest BCUT2D eigenvalue weighted by molar-refractivity contribution is -0.148. The van der Waals surface area contributed by atoms with Gasteiger partial charge < -0.3 is 19.4 Å². The van der Waals surface area contributed by atoms with Crippen molar-refractivity contribution in [3.8, 4) is 11.6 Å². The summed E-state index contributed by atoms with van der Waals surface area (Å²) in [7, 11) is 0. The Balaban J connectivity index is 1.31. The molecule has 1 saturated heterocycles. The van der Waals surface area contributed by atoms with Gasteiger partial charge in [-0.3, -0.25) is 9.59 Å². The number of carbonyl (C=O) groups is 2. The molecule has 1 atom stereocenters. The van der Waals surface area contributed by atoms with E-state index < -0.39 is 0 Å². The Morgan fingerprint density at radius 2 is 1.89 bits per heavy atom. The number of hydrogen-bond acceptors (Lipinski definition) is 8. The molecule has 0 aliphatic carbocycles. The zero-order valence-corrected chi connectivity index (χ0v) is 19.3. The predicted octanol–water partition coefficient (Wildman–Crippen LogP) is 4.16. The Hall–Kier alpha value is -4.27. The van der Waals surface area contributed by atoms with Crippen molar-refractivity contribution >= 4 is 28.6 Å². The van der Waals surface area contributed by atoms with E-state index in [0.717, 1.165) is 30.4 Å². The highest BCUT2D eigenvalue weighted by atomic mass is 16.5. The van der Waals surface area contributed by atoms with Crippen LogP contribution in [0.15, 0.2) is 60.9 Å². The van der Waals surface area contributed by atoms with Crippen LogP contribution in [0.2, 0.25) is 0 Å². The lowest BCUT2D eigenvalue weighted by Gasteiger charge is -2.32. The number of nitrogens with one attached hydrogen (secondary N) is 1. The summed E-state index contributed by atoms with van der Waals surface area (Å²) in [5.74, 6) is 1.13. The molecule has 0 amide bonds. The standard InChI is InChI=1S/C26H25N5O4/c1-2-34-26(33)18-6-5-15-31(16-18)24-25(28-14-13-27-24)35-19-11-9-17(10-12-19)22(32)23-29-20-7-3-4-8-21(20)30-23/h3-4,7-14,18H,2,5-6,15-16H2,1H3,(H,29,30). The molecule has 3 heterocycles. The Morgan fingerprint density at radius 1 is 1.09 bits per heavy atom. The van der Waals surface area contributed by atoms with Crippen molar-refractivity contribution in [1.82, 2.24) is 19.9 Å². The fourth-order valence-corrected chi connectivity index (χ4v) is 4.21. The molecule has 4 aromatic rings. The highest BCUT2D eigenvalue weighted by Crippen LogP contribution is 2.31. The van der Waals surface area contributed by atoms with Crippen LogP contribution in [0.3, 0.4) is 0 Å². The minimum Gasteiger partial charge on any atom is -0.466 e. The molecular formula is C26H25N5O4. The summed E-state index contributed by atoms with van der Waals surface area (Å²) in [4.78, 5) is 43.4. The molecule has 0 radical (unpaired) electrons. The van der Waals surface area contributed by atoms with Crippen LogP contribution in [0.25, 0.3) is 11.0 Å². The molecule has 1 aliphatic heterocycles. The van der Waals surface area contributed by atoms with Crippen molar-refractivity contribution in [1.29, 1.82) is 0 Å². The molecular weight excluding hydrogens is 446 g/mol. The molecule has 9 nitrogen and oxygen atoms in total. The zero-order chi connectivity index (χ0) is 24.2. The second-order valence-electron chi connectivity index (χ2n) is 8.28. The number of ether oxygens (including phenoxy) is 2. The van der Waals surface area contributed by atoms with Crippen molar-refractivity contribution in [2.24, 2.45) is 5.92 Å². The van der Waals surface area contributed by atoms with Crippen LogP contribution in [0.4, 0.5) is 5.82 Å². The molecule has 1 N–H and O–H groups in total. The van der Waals surface area contributed by atoms with Gasteiger partial charge in [-0.05, 0) is 56.2 Å². The number of para-hydroxylation sites is 2. The Morgan fingerprint density at radius 3 is 2.69 bits per heavy atom. The molecule has 1 aliphatic rings. The molecule has 9 heteroatoms. The van der Waals surface area contributed by atoms with E-state index in [1.807, 2.05) is 36.1 Å². The number of carbonyl (C=O) groups excluding carboxylic acids is 2. The first-order valence-electron chi connectivity index (χ1n) is 11.6. The predicted molar refractivity (Wildman–Crippen MR) is 130 cm³/mol. The van der Waals surface area contributed by atoms with E-state index in [-0.39, 0.29) is 23.5 Å². The van der Waals surface area contributed by atoms with Crippen molar-refractivity contribution in [2.45, 2.75) is 19.8 Å². The number of H-pyrrole nitrogens is 1. The number of anilines is 1. The third kappa shape index (κ3) is 4.84. The fourth-order valence-electron chi connectivity index (χ4n) is 4.21. The van der Waals surface area contributed by atoms with Crippen molar-refractivity contribution in [2.75, 3.05) is 24.6 Å². The van der Waals surface area contributed by atoms with Gasteiger partial charge in [0.15, 0.2) is 11.6 Å². The fraction of sp³-hybridized carbons (Fsp3) is 0.269. The number of esters is 1. The van der Waals surface area contributed by atoms with Crippen molar-refractivity contribution in [3.05, 3.63) is 72.3 Å². The maximum atomic E-state index is 12.9. The summed E-state index contributed by atoms with van der Waals surface area (Å²) in [5.41, 5.74) is 2.05. The minimum atomic E-state index is -0.206. The number of fused-ring (bicyclic) bond motifs is 1. The van der Waals surface area contributed by atoms with Gasteiger partial charge in [0.1, 0.15) is 5.75 Å². The molecule has 0 saturated carbocycles. The molecule has 5 rings (SSSR count). The van der Waals surface area contributed by atoms with E-state index in [2.05, 4.69) is 19.9 Å². The molecule has 178 valence electrons. The first-order chi connectivity index (χ1) is 17.1. The Kier molecular flexibility index (Phi) is 6.38. The largest absolute Gasteiger partial charge is 0.466 e. The van der Waals surface area contributed by atoms with Gasteiger partial charge >= 0.3 is 5.97 Å². The molecule has 0 spiro atoms. The van der Waals surface area contributed by atoms with Crippen LogP contribution >= 0.6 is 0 Å². The van der Waals surface area contributed by atoms with Crippen LogP contribution in [0, 0.1) is 5.92 Å². The summed E-state index contributed by atoms with van der Waals surface area (Å²) in [5, 5.41) is 0. The Bertz CT molecular complexity index is 1320. The molecule has 2 aromatic carbocycles. The number of rotatable bonds is 7. The van der Waals surface area contributed by atoms with Gasteiger partial charge in [0.05, 0.1) is 23.6 Å². The monoisotopic (exact) mass is 471 g/mol. The smallest absolute Gasteiger partial charge is 0.310 e. The highest BCUT2D eigenvalue weighted by molar-refractivity contribution is 6.08. The van der Waals surface area contributed by atoms with Crippen molar-refractivity contribution < 1.29 is 19.1 Å². The van der Waals surface area contributed by atoms with Gasteiger partial charge in [0.25, 0.3) is 5.88 Å². The lowest BCUT2D eigenvalue weighted by Crippen LogP contribution is -2.40. The quantitative estimate of drug-likeness (QED) is 0.316. The molecule has 2 aromatic heterocycles. The number of benzene rings is 2. The molecule has 1 unspecified atom stereocenters. The average Bonchev–Trinajstić information content (AvgIpc) is 3.34. The van der Waals surface area contributed by atoms with Crippen LogP contribution < -0.4 is 9.64 Å². The van der Waals surface area contributed by atoms with Crippen LogP contribution in [0.5, 0.6) is 11.6 Å². The minimum absolute atomic E-state index is 0.187. The van der Waals surface area contributed by atoms with E-state index >= 15 is 0 Å². The summed E-state index contributed by atoms with van der Waals surface area (Å²) < 4.78 is 11.2. The molecule has 35 heavy (non-hydrogen) atoms. The average molecular weight is 472 g/mol. The first-order valence-corrected chi connectivity index (χ1v) is 11.6. The van der Waals surface area contributed by atoms with E-state index in [0.29, 0.717) is 36.2 Å². The second kappa shape index (κ2) is 9.92. The third-order valence-corrected chi connectivity index (χ3v) is 5.92. The summed E-state index contributed by atoms with van der Waals surface area (Å²) in [6.45, 7) is 3.42. The number of hydrogen-bond donors (Lipinski definition) is 1. The number of aromatic amines is 1. The van der Waals surface area contributed by atoms with Gasteiger partial charge in [-0.25, -0.2) is 15.0 Å². The summed E-state index contributed by atoms with van der Waals surface area (Å²) >= 11 is 0. The van der Waals surface area contributed by atoms with Crippen LogP contribution in [0.1, 0.15) is 35.9 Å². The van der Waals surface area contributed by atoms with Gasteiger partial charge in [-0.1, -0.05) is 12.1 Å². The summed E-state index contributed by atoms with van der Waals surface area (Å²) in [6, 6.07) is 14.3. The number of aromatic nitrogens is 4. The normalized spacial score (nSPS) is 15.7. The lowest BCUT2D eigenvalue weighted by atomic mass is 9.98. The SMILES string of the molecule is CCOC(=O)C1CCCN(c2nccnc2Oc2ccc(C(=O)c3nc4ccccc4[nH]3)cc2)C1. The summed E-state index contributed by atoms with van der Waals surface area (Å²) in [6.07, 6.45) is 4.79. The maximum Gasteiger partial charge on any atom is 0.310 e. The van der Waals surface area contributed by atoms with E-state index in [1.165, 1.54) is 0 Å². The molecule has 1 fully saturated rings. The highest BCUT2D eigenvalue weighted by Gasteiger charge is 2.29. The number of ketones is 1. The van der Waals surface area contributed by atoms with Gasteiger partial charge in [-0.2, -0.15) is 0 Å². The second-order valence-corrected chi connectivity index (χ2v) is 8.28. The van der Waals surface area contributed by atoms with Gasteiger partial charge in [0, 0.05) is 31.0 Å². The number of nitrogens with zero attached hydrogens (tertiary/aromatic N) is 4. The van der Waals surface area contributed by atoms with Crippen molar-refractivity contribution in [3.63, 3.8) is 0 Å². The van der Waals surface area contributed by atoms with Crippen LogP contribution in [-0.2, 0) is 9.53 Å². The first kappa shape index (κ1) is 22.5.